The molecule has 0 bridgehead atoms. The van der Waals surface area contributed by atoms with Gasteiger partial charge in [-0.3, -0.25) is 9.69 Å². The summed E-state index contributed by atoms with van der Waals surface area (Å²) in [5.41, 5.74) is 2.69. The van der Waals surface area contributed by atoms with E-state index in [4.69, 9.17) is 4.52 Å². The van der Waals surface area contributed by atoms with Gasteiger partial charge in [0, 0.05) is 25.6 Å². The van der Waals surface area contributed by atoms with Crippen molar-refractivity contribution in [1.82, 2.24) is 10.1 Å². The van der Waals surface area contributed by atoms with Crippen molar-refractivity contribution in [3.63, 3.8) is 0 Å². The Hall–Kier alpha value is -2.14. The van der Waals surface area contributed by atoms with Gasteiger partial charge in [0.05, 0.1) is 5.41 Å². The molecule has 3 aliphatic rings. The van der Waals surface area contributed by atoms with E-state index in [9.17, 15) is 4.79 Å². The molecule has 3 fully saturated rings. The zero-order valence-corrected chi connectivity index (χ0v) is 15.9. The van der Waals surface area contributed by atoms with Crippen molar-refractivity contribution in [1.29, 1.82) is 0 Å². The smallest absolute Gasteiger partial charge is 0.232 e. The number of anilines is 1. The normalized spacial score (nSPS) is 27.7. The van der Waals surface area contributed by atoms with Crippen LogP contribution in [0.3, 0.4) is 0 Å². The highest BCUT2D eigenvalue weighted by Crippen LogP contribution is 2.50. The number of carbonyl (C=O) groups is 1. The maximum Gasteiger partial charge on any atom is 0.232 e. The van der Waals surface area contributed by atoms with E-state index in [0.717, 1.165) is 68.9 Å². The summed E-state index contributed by atoms with van der Waals surface area (Å²) in [6.07, 6.45) is 5.55. The van der Waals surface area contributed by atoms with E-state index in [-0.39, 0.29) is 11.3 Å². The minimum atomic E-state index is -0.265. The van der Waals surface area contributed by atoms with Gasteiger partial charge < -0.3 is 9.84 Å². The van der Waals surface area contributed by atoms with E-state index in [0.29, 0.717) is 11.8 Å². The Labute approximate surface area is 160 Å². The van der Waals surface area contributed by atoms with Crippen LogP contribution < -0.4 is 5.32 Å². The van der Waals surface area contributed by atoms with Gasteiger partial charge >= 0.3 is 0 Å². The van der Waals surface area contributed by atoms with Gasteiger partial charge in [-0.15, -0.1) is 0 Å². The summed E-state index contributed by atoms with van der Waals surface area (Å²) in [5, 5.41) is 7.36. The molecule has 1 aromatic heterocycles. The van der Waals surface area contributed by atoms with Crippen LogP contribution in [0.2, 0.25) is 0 Å². The molecule has 1 aromatic carbocycles. The molecule has 5 rings (SSSR count). The molecule has 0 unspecified atom stereocenters. The fourth-order valence-electron chi connectivity index (χ4n) is 5.13. The van der Waals surface area contributed by atoms with E-state index in [2.05, 4.69) is 45.7 Å². The molecule has 1 aliphatic heterocycles. The highest BCUT2D eigenvalue weighted by Gasteiger charge is 2.54. The first kappa shape index (κ1) is 17.0. The first-order valence-electron chi connectivity index (χ1n) is 10.2. The zero-order valence-electron chi connectivity index (χ0n) is 15.9. The second-order valence-electron chi connectivity index (χ2n) is 8.64. The lowest BCUT2D eigenvalue weighted by atomic mass is 9.79. The van der Waals surface area contributed by atoms with Gasteiger partial charge in [-0.1, -0.05) is 41.9 Å². The molecular formula is C22H27N3O2. The van der Waals surface area contributed by atoms with E-state index < -0.39 is 0 Å². The third-order valence-corrected chi connectivity index (χ3v) is 6.72. The van der Waals surface area contributed by atoms with Gasteiger partial charge in [0.25, 0.3) is 0 Å². The Bertz CT molecular complexity index is 842. The number of fused-ring (bicyclic) bond motifs is 1. The molecular weight excluding hydrogens is 338 g/mol. The van der Waals surface area contributed by atoms with Gasteiger partial charge in [-0.05, 0) is 44.1 Å². The maximum absolute atomic E-state index is 13.5. The summed E-state index contributed by atoms with van der Waals surface area (Å²) >= 11 is 0. The third-order valence-electron chi connectivity index (χ3n) is 6.72. The highest BCUT2D eigenvalue weighted by atomic mass is 16.5. The minimum Gasteiger partial charge on any atom is -0.359 e. The average molecular weight is 365 g/mol. The number of nitrogens with one attached hydrogen (secondary N) is 1. The average Bonchev–Trinajstić information content (AvgIpc) is 3.20. The molecule has 2 aromatic rings. The number of amides is 1. The van der Waals surface area contributed by atoms with Gasteiger partial charge in [0.2, 0.25) is 5.91 Å². The molecule has 0 spiro atoms. The molecule has 2 heterocycles. The quantitative estimate of drug-likeness (QED) is 0.867. The van der Waals surface area contributed by atoms with Crippen LogP contribution in [-0.4, -0.2) is 29.1 Å². The Morgan fingerprint density at radius 1 is 1.30 bits per heavy atom. The molecule has 1 amide bonds. The zero-order chi connectivity index (χ0) is 18.4. The summed E-state index contributed by atoms with van der Waals surface area (Å²) < 4.78 is 5.52. The van der Waals surface area contributed by atoms with Crippen LogP contribution in [0.1, 0.15) is 55.0 Å². The number of hydrogen-bond donors (Lipinski definition) is 1. The van der Waals surface area contributed by atoms with Crippen LogP contribution in [0.4, 0.5) is 5.69 Å². The molecule has 5 heteroatoms. The number of aryl methyl sites for hydroxylation is 1. The standard InChI is InChI=1S/C22H27N3O2/c1-15-19(20(27-24-15)17-9-10-17)23-21(26)22-11-5-8-18(22)13-25(14-22)12-16-6-3-2-4-7-16/h2-4,6-7,17-18H,5,8-14H2,1H3,(H,23,26)/t18-,22-/m1/s1. The summed E-state index contributed by atoms with van der Waals surface area (Å²) in [7, 11) is 0. The number of carbonyl (C=O) groups excluding carboxylic acids is 1. The lowest BCUT2D eigenvalue weighted by molar-refractivity contribution is -0.126. The second-order valence-corrected chi connectivity index (χ2v) is 8.64. The van der Waals surface area contributed by atoms with Gasteiger partial charge in [0.1, 0.15) is 11.4 Å². The largest absolute Gasteiger partial charge is 0.359 e. The lowest BCUT2D eigenvalue weighted by Gasteiger charge is -2.27. The Balaban J connectivity index is 1.35. The molecule has 1 N–H and O–H groups in total. The van der Waals surface area contributed by atoms with Crippen LogP contribution >= 0.6 is 0 Å². The minimum absolute atomic E-state index is 0.175. The van der Waals surface area contributed by atoms with Gasteiger partial charge in [0.15, 0.2) is 5.76 Å². The fraction of sp³-hybridized carbons (Fsp3) is 0.545. The molecule has 1 saturated heterocycles. The SMILES string of the molecule is Cc1noc(C2CC2)c1NC(=O)[C@@]12CCC[C@@H]1CN(Cc1ccccc1)C2. The number of hydrogen-bond acceptors (Lipinski definition) is 4. The highest BCUT2D eigenvalue weighted by molar-refractivity contribution is 5.97. The summed E-state index contributed by atoms with van der Waals surface area (Å²) in [5.74, 6) is 1.95. The summed E-state index contributed by atoms with van der Waals surface area (Å²) in [6.45, 7) is 4.71. The first-order valence-corrected chi connectivity index (χ1v) is 10.2. The van der Waals surface area contributed by atoms with E-state index in [1.165, 1.54) is 5.56 Å². The van der Waals surface area contributed by atoms with E-state index in [1.54, 1.807) is 0 Å². The molecule has 5 nitrogen and oxygen atoms in total. The van der Waals surface area contributed by atoms with Crippen LogP contribution in [0.15, 0.2) is 34.9 Å². The van der Waals surface area contributed by atoms with Crippen molar-refractivity contribution >= 4 is 11.6 Å². The monoisotopic (exact) mass is 365 g/mol. The second kappa shape index (κ2) is 6.48. The molecule has 2 aliphatic carbocycles. The number of benzene rings is 1. The molecule has 2 atom stereocenters. The Kier molecular flexibility index (Phi) is 4.08. The predicted octanol–water partition coefficient (Wildman–Crippen LogP) is 4.10. The number of likely N-dealkylation sites (tertiary alicyclic amines) is 1. The Morgan fingerprint density at radius 3 is 2.89 bits per heavy atom. The van der Waals surface area contributed by atoms with E-state index >= 15 is 0 Å². The van der Waals surface area contributed by atoms with Crippen LogP contribution in [0, 0.1) is 18.3 Å². The van der Waals surface area contributed by atoms with Gasteiger partial charge in [-0.25, -0.2) is 0 Å². The number of aromatic nitrogens is 1. The Morgan fingerprint density at radius 2 is 2.11 bits per heavy atom. The van der Waals surface area contributed by atoms with Crippen molar-refractivity contribution in [3.05, 3.63) is 47.3 Å². The fourth-order valence-corrected chi connectivity index (χ4v) is 5.13. The van der Waals surface area contributed by atoms with Crippen molar-refractivity contribution < 1.29 is 9.32 Å². The van der Waals surface area contributed by atoms with Crippen LogP contribution in [-0.2, 0) is 11.3 Å². The van der Waals surface area contributed by atoms with Crippen molar-refractivity contribution in [2.24, 2.45) is 11.3 Å². The lowest BCUT2D eigenvalue weighted by Crippen LogP contribution is -2.40. The van der Waals surface area contributed by atoms with Gasteiger partial charge in [-0.2, -0.15) is 0 Å². The van der Waals surface area contributed by atoms with Crippen molar-refractivity contribution in [3.8, 4) is 0 Å². The summed E-state index contributed by atoms with van der Waals surface area (Å²) in [6, 6.07) is 10.6. The summed E-state index contributed by atoms with van der Waals surface area (Å²) in [4.78, 5) is 15.9. The molecule has 2 saturated carbocycles. The molecule has 142 valence electrons. The third kappa shape index (κ3) is 2.98. The van der Waals surface area contributed by atoms with Crippen molar-refractivity contribution in [2.75, 3.05) is 18.4 Å². The topological polar surface area (TPSA) is 58.4 Å². The van der Waals surface area contributed by atoms with Crippen LogP contribution in [0.5, 0.6) is 0 Å². The maximum atomic E-state index is 13.5. The van der Waals surface area contributed by atoms with Crippen molar-refractivity contribution in [2.45, 2.75) is 51.5 Å². The van der Waals surface area contributed by atoms with E-state index in [1.807, 2.05) is 6.92 Å². The predicted molar refractivity (Wildman–Crippen MR) is 103 cm³/mol. The molecule has 27 heavy (non-hydrogen) atoms. The number of nitrogens with zero attached hydrogens (tertiary/aromatic N) is 2. The number of rotatable bonds is 5. The molecule has 0 radical (unpaired) electrons. The first-order chi connectivity index (χ1) is 13.2. The van der Waals surface area contributed by atoms with Crippen LogP contribution in [0.25, 0.3) is 0 Å².